The SMILES string of the molecule is Cc1cc([C@@H](C)C(OC(=O)N2CCC(N3CCc4ccccc4NC3=O)CC2)C(=O)N2CCN(C3CCNCC3)CC2)cc2cn[nH]c12. The van der Waals surface area contributed by atoms with Crippen LogP contribution >= 0.6 is 0 Å². The third-order valence-electron chi connectivity index (χ3n) is 11.0. The Labute approximate surface area is 282 Å². The number of likely N-dealkylation sites (tertiary alicyclic amines) is 1. The highest BCUT2D eigenvalue weighted by Gasteiger charge is 2.39. The predicted molar refractivity (Wildman–Crippen MR) is 184 cm³/mol. The van der Waals surface area contributed by atoms with E-state index in [1.807, 2.05) is 47.9 Å². The average molecular weight is 657 g/mol. The van der Waals surface area contributed by atoms with Crippen LogP contribution < -0.4 is 10.6 Å². The molecule has 12 nitrogen and oxygen atoms in total. The summed E-state index contributed by atoms with van der Waals surface area (Å²) in [4.78, 5) is 49.2. The fraction of sp³-hybridized carbons (Fsp3) is 0.556. The maximum absolute atomic E-state index is 14.3. The van der Waals surface area contributed by atoms with E-state index in [-0.39, 0.29) is 23.9 Å². The molecule has 1 unspecified atom stereocenters. The van der Waals surface area contributed by atoms with E-state index in [9.17, 15) is 14.4 Å². The number of carbonyl (C=O) groups is 3. The van der Waals surface area contributed by atoms with E-state index in [1.54, 1.807) is 11.1 Å². The minimum atomic E-state index is -0.959. The molecule has 5 heterocycles. The molecular weight excluding hydrogens is 608 g/mol. The summed E-state index contributed by atoms with van der Waals surface area (Å²) in [7, 11) is 0. The molecule has 4 aliphatic heterocycles. The number of anilines is 1. The number of amides is 4. The molecule has 12 heteroatoms. The van der Waals surface area contributed by atoms with Gasteiger partial charge in [0.05, 0.1) is 11.7 Å². The number of nitrogens with one attached hydrogen (secondary N) is 3. The monoisotopic (exact) mass is 656 g/mol. The van der Waals surface area contributed by atoms with Gasteiger partial charge in [0.1, 0.15) is 0 Å². The molecule has 3 aromatic rings. The van der Waals surface area contributed by atoms with Gasteiger partial charge in [-0.2, -0.15) is 5.10 Å². The Morgan fingerprint density at radius 3 is 2.44 bits per heavy atom. The zero-order chi connectivity index (χ0) is 33.2. The summed E-state index contributed by atoms with van der Waals surface area (Å²) >= 11 is 0. The number of nitrogens with zero attached hydrogens (tertiary/aromatic N) is 5. The summed E-state index contributed by atoms with van der Waals surface area (Å²) in [5.74, 6) is -0.497. The van der Waals surface area contributed by atoms with Gasteiger partial charge >= 0.3 is 12.1 Å². The lowest BCUT2D eigenvalue weighted by Gasteiger charge is -2.42. The van der Waals surface area contributed by atoms with Crippen LogP contribution in [0.15, 0.2) is 42.6 Å². The van der Waals surface area contributed by atoms with Gasteiger partial charge in [-0.3, -0.25) is 14.8 Å². The van der Waals surface area contributed by atoms with Crippen molar-refractivity contribution in [2.45, 2.75) is 70.1 Å². The van der Waals surface area contributed by atoms with Crippen molar-refractivity contribution >= 4 is 34.6 Å². The highest BCUT2D eigenvalue weighted by molar-refractivity contribution is 5.91. The summed E-state index contributed by atoms with van der Waals surface area (Å²) in [5, 5.41) is 14.7. The van der Waals surface area contributed by atoms with Crippen LogP contribution in [-0.4, -0.2) is 125 Å². The molecule has 256 valence electrons. The van der Waals surface area contributed by atoms with E-state index in [0.717, 1.165) is 78.7 Å². The lowest BCUT2D eigenvalue weighted by Crippen LogP contribution is -2.56. The van der Waals surface area contributed by atoms with E-state index in [4.69, 9.17) is 4.74 Å². The smallest absolute Gasteiger partial charge is 0.410 e. The van der Waals surface area contributed by atoms with Crippen LogP contribution in [0.25, 0.3) is 10.9 Å². The van der Waals surface area contributed by atoms with Crippen molar-refractivity contribution in [2.75, 3.05) is 64.2 Å². The Morgan fingerprint density at radius 1 is 0.917 bits per heavy atom. The van der Waals surface area contributed by atoms with Crippen molar-refractivity contribution in [3.05, 3.63) is 59.3 Å². The van der Waals surface area contributed by atoms with Crippen LogP contribution in [0.2, 0.25) is 0 Å². The standard InChI is InChI=1S/C36H48N8O4/c1-24-21-27(22-28-23-38-40-32(24)28)25(2)33(34(45)42-19-17-41(18-20-42)29-7-12-37-13-8-29)48-36(47)43-14-10-30(11-15-43)44-16-9-26-5-3-4-6-31(26)39-35(44)46/h3-6,21-23,25,29-30,33,37H,7-20H2,1-2H3,(H,38,40)(H,39,46)/t25-,33?/m1/s1. The lowest BCUT2D eigenvalue weighted by atomic mass is 9.91. The molecule has 4 aliphatic rings. The van der Waals surface area contributed by atoms with E-state index in [0.29, 0.717) is 51.6 Å². The number of para-hydroxylation sites is 1. The molecule has 4 amide bonds. The number of rotatable bonds is 6. The number of aryl methyl sites for hydroxylation is 1. The van der Waals surface area contributed by atoms with Crippen LogP contribution in [0.1, 0.15) is 55.2 Å². The molecule has 0 saturated carbocycles. The maximum Gasteiger partial charge on any atom is 0.410 e. The Bertz CT molecular complexity index is 1620. The van der Waals surface area contributed by atoms with Gasteiger partial charge in [-0.25, -0.2) is 9.59 Å². The zero-order valence-electron chi connectivity index (χ0n) is 28.1. The average Bonchev–Trinajstić information content (AvgIpc) is 3.54. The summed E-state index contributed by atoms with van der Waals surface area (Å²) < 4.78 is 6.22. The van der Waals surface area contributed by atoms with Crippen LogP contribution in [0, 0.1) is 6.92 Å². The second kappa shape index (κ2) is 14.1. The first-order valence-electron chi connectivity index (χ1n) is 17.6. The number of fused-ring (bicyclic) bond motifs is 2. The van der Waals surface area contributed by atoms with Crippen molar-refractivity contribution in [1.82, 2.24) is 35.1 Å². The van der Waals surface area contributed by atoms with E-state index < -0.39 is 12.2 Å². The van der Waals surface area contributed by atoms with Gasteiger partial charge in [0.25, 0.3) is 5.91 Å². The number of H-pyrrole nitrogens is 1. The van der Waals surface area contributed by atoms with Gasteiger partial charge in [0, 0.05) is 74.9 Å². The number of ether oxygens (including phenoxy) is 1. The number of piperazine rings is 1. The molecule has 7 rings (SSSR count). The molecule has 2 atom stereocenters. The second-order valence-corrected chi connectivity index (χ2v) is 13.9. The first-order chi connectivity index (χ1) is 23.4. The van der Waals surface area contributed by atoms with Crippen molar-refractivity contribution in [2.24, 2.45) is 0 Å². The molecule has 0 bridgehead atoms. The second-order valence-electron chi connectivity index (χ2n) is 13.9. The molecule has 3 fully saturated rings. The number of aromatic nitrogens is 2. The molecule has 2 aromatic carbocycles. The molecule has 0 radical (unpaired) electrons. The van der Waals surface area contributed by atoms with Crippen LogP contribution in [0.3, 0.4) is 0 Å². The molecule has 0 spiro atoms. The van der Waals surface area contributed by atoms with Gasteiger partial charge < -0.3 is 30.1 Å². The number of hydrogen-bond acceptors (Lipinski definition) is 7. The fourth-order valence-electron chi connectivity index (χ4n) is 8.01. The maximum atomic E-state index is 14.3. The Kier molecular flexibility index (Phi) is 9.54. The Hall–Kier alpha value is -4.16. The van der Waals surface area contributed by atoms with Crippen LogP contribution in [0.5, 0.6) is 0 Å². The van der Waals surface area contributed by atoms with E-state index in [2.05, 4.69) is 37.9 Å². The Balaban J connectivity index is 1.02. The van der Waals surface area contributed by atoms with Crippen molar-refractivity contribution in [3.63, 3.8) is 0 Å². The zero-order valence-corrected chi connectivity index (χ0v) is 28.1. The quantitative estimate of drug-likeness (QED) is 0.367. The topological polar surface area (TPSA) is 126 Å². The normalized spacial score (nSPS) is 21.4. The molecule has 3 N–H and O–H groups in total. The van der Waals surface area contributed by atoms with Crippen LogP contribution in [-0.2, 0) is 16.0 Å². The Morgan fingerprint density at radius 2 is 1.67 bits per heavy atom. The summed E-state index contributed by atoms with van der Waals surface area (Å²) in [5.41, 5.74) is 4.93. The van der Waals surface area contributed by atoms with Crippen LogP contribution in [0.4, 0.5) is 15.3 Å². The largest absolute Gasteiger partial charge is 0.435 e. The minimum Gasteiger partial charge on any atom is -0.435 e. The molecule has 3 saturated heterocycles. The lowest BCUT2D eigenvalue weighted by molar-refractivity contribution is -0.144. The third kappa shape index (κ3) is 6.73. The molecule has 1 aromatic heterocycles. The minimum absolute atomic E-state index is 0.0284. The summed E-state index contributed by atoms with van der Waals surface area (Å²) in [6, 6.07) is 12.5. The first kappa shape index (κ1) is 32.4. The van der Waals surface area contributed by atoms with Gasteiger partial charge in [0.2, 0.25) is 0 Å². The number of aromatic amines is 1. The van der Waals surface area contributed by atoms with Crippen molar-refractivity contribution in [3.8, 4) is 0 Å². The van der Waals surface area contributed by atoms with Crippen molar-refractivity contribution in [1.29, 1.82) is 0 Å². The summed E-state index contributed by atoms with van der Waals surface area (Å²) in [6.07, 6.45) is 4.72. The molecule has 48 heavy (non-hydrogen) atoms. The highest BCUT2D eigenvalue weighted by atomic mass is 16.6. The fourth-order valence-corrected chi connectivity index (χ4v) is 8.01. The number of carbonyl (C=O) groups excluding carboxylic acids is 3. The van der Waals surface area contributed by atoms with Gasteiger partial charge in [-0.05, 0) is 80.9 Å². The number of piperidine rings is 2. The van der Waals surface area contributed by atoms with Gasteiger partial charge in [-0.15, -0.1) is 0 Å². The third-order valence-corrected chi connectivity index (χ3v) is 11.0. The van der Waals surface area contributed by atoms with E-state index >= 15 is 0 Å². The highest BCUT2D eigenvalue weighted by Crippen LogP contribution is 2.30. The summed E-state index contributed by atoms with van der Waals surface area (Å²) in [6.45, 7) is 10.5. The van der Waals surface area contributed by atoms with Crippen molar-refractivity contribution < 1.29 is 19.1 Å². The number of urea groups is 1. The predicted octanol–water partition coefficient (Wildman–Crippen LogP) is 3.93. The van der Waals surface area contributed by atoms with Gasteiger partial charge in [-0.1, -0.05) is 31.2 Å². The van der Waals surface area contributed by atoms with Gasteiger partial charge in [0.15, 0.2) is 6.10 Å². The van der Waals surface area contributed by atoms with E-state index in [1.165, 1.54) is 0 Å². The first-order valence-corrected chi connectivity index (χ1v) is 17.6. The number of benzene rings is 2. The number of hydrogen-bond donors (Lipinski definition) is 3. The molecular formula is C36H48N8O4. The molecule has 0 aliphatic carbocycles.